The molecule has 4 heteroatoms. The smallest absolute Gasteiger partial charge is 0.141 e. The average molecular weight is 308 g/mol. The average Bonchev–Trinajstić information content (AvgIpc) is 2.46. The van der Waals surface area contributed by atoms with Crippen LogP contribution in [0.15, 0.2) is 12.1 Å². The largest absolute Gasteiger partial charge is 0.495 e. The van der Waals surface area contributed by atoms with Gasteiger partial charge >= 0.3 is 0 Å². The normalized spacial score (nSPS) is 16.1. The first-order valence-corrected chi connectivity index (χ1v) is 11.5. The van der Waals surface area contributed by atoms with E-state index >= 15 is 0 Å². The molecule has 0 unspecified atom stereocenters. The van der Waals surface area contributed by atoms with Crippen molar-refractivity contribution >= 4 is 18.9 Å². The van der Waals surface area contributed by atoms with E-state index in [0.29, 0.717) is 0 Å². The summed E-state index contributed by atoms with van der Waals surface area (Å²) in [6, 6.07) is 4.72. The molecule has 0 N–H and O–H groups in total. The lowest BCUT2D eigenvalue weighted by atomic mass is 10.1. The molecule has 1 aromatic rings. The van der Waals surface area contributed by atoms with E-state index in [1.165, 1.54) is 22.9 Å². The maximum Gasteiger partial charge on any atom is 0.141 e. The summed E-state index contributed by atoms with van der Waals surface area (Å²) in [6.07, 6.45) is 2.32. The molecular weight excluding hydrogens is 278 g/mol. The molecule has 0 aromatic heterocycles. The van der Waals surface area contributed by atoms with Crippen molar-refractivity contribution in [3.05, 3.63) is 17.7 Å². The van der Waals surface area contributed by atoms with Crippen LogP contribution in [0.25, 0.3) is 0 Å². The van der Waals surface area contributed by atoms with Gasteiger partial charge in [-0.3, -0.25) is 0 Å². The van der Waals surface area contributed by atoms with Crippen molar-refractivity contribution < 1.29 is 9.47 Å². The van der Waals surface area contributed by atoms with Crippen LogP contribution in [0.5, 0.6) is 5.75 Å². The maximum atomic E-state index is 5.84. The van der Waals surface area contributed by atoms with E-state index in [4.69, 9.17) is 9.47 Å². The van der Waals surface area contributed by atoms with Gasteiger partial charge in [0.15, 0.2) is 0 Å². The van der Waals surface area contributed by atoms with Crippen molar-refractivity contribution in [3.63, 3.8) is 0 Å². The summed E-state index contributed by atoms with van der Waals surface area (Å²) in [7, 11) is 0.371. The number of benzene rings is 1. The minimum Gasteiger partial charge on any atom is -0.495 e. The Morgan fingerprint density at radius 1 is 1.19 bits per heavy atom. The second-order valence-corrected chi connectivity index (χ2v) is 11.8. The number of nitrogens with zero attached hydrogens (tertiary/aromatic N) is 1. The highest BCUT2D eigenvalue weighted by molar-refractivity contribution is 6.89. The van der Waals surface area contributed by atoms with E-state index in [1.54, 1.807) is 0 Å². The van der Waals surface area contributed by atoms with Crippen LogP contribution in [-0.4, -0.2) is 41.5 Å². The summed E-state index contributed by atoms with van der Waals surface area (Å²) >= 11 is 0. The number of ether oxygens (including phenoxy) is 2. The first kappa shape index (κ1) is 16.4. The lowest BCUT2D eigenvalue weighted by Gasteiger charge is -2.33. The van der Waals surface area contributed by atoms with E-state index in [2.05, 4.69) is 43.6 Å². The van der Waals surface area contributed by atoms with Crippen LogP contribution in [0.4, 0.5) is 5.69 Å². The van der Waals surface area contributed by atoms with Crippen LogP contribution < -0.4 is 14.8 Å². The summed E-state index contributed by atoms with van der Waals surface area (Å²) < 4.78 is 11.3. The predicted octanol–water partition coefficient (Wildman–Crippen LogP) is 3.03. The molecule has 3 nitrogen and oxygen atoms in total. The van der Waals surface area contributed by atoms with Crippen molar-refractivity contribution in [1.29, 1.82) is 0 Å². The van der Waals surface area contributed by atoms with E-state index in [9.17, 15) is 0 Å². The Morgan fingerprint density at radius 2 is 1.86 bits per heavy atom. The van der Waals surface area contributed by atoms with Crippen molar-refractivity contribution in [3.8, 4) is 5.75 Å². The van der Waals surface area contributed by atoms with Crippen LogP contribution in [-0.2, 0) is 11.2 Å². The van der Waals surface area contributed by atoms with Gasteiger partial charge in [-0.15, -0.1) is 0 Å². The number of methoxy groups -OCH3 is 1. The molecule has 0 atom stereocenters. The quantitative estimate of drug-likeness (QED) is 0.781. The Kier molecular flexibility index (Phi) is 5.33. The highest BCUT2D eigenvalue weighted by Crippen LogP contribution is 2.31. The van der Waals surface area contributed by atoms with E-state index in [-0.39, 0.29) is 0 Å². The fraction of sp³-hybridized carbons (Fsp3) is 0.647. The van der Waals surface area contributed by atoms with Gasteiger partial charge < -0.3 is 14.4 Å². The topological polar surface area (TPSA) is 21.7 Å². The van der Waals surface area contributed by atoms with Gasteiger partial charge in [0.1, 0.15) is 5.75 Å². The Balaban J connectivity index is 2.51. The maximum absolute atomic E-state index is 5.84. The van der Waals surface area contributed by atoms with Gasteiger partial charge in [0.25, 0.3) is 0 Å². The summed E-state index contributed by atoms with van der Waals surface area (Å²) in [5, 5.41) is 1.44. The van der Waals surface area contributed by atoms with Gasteiger partial charge in [-0.1, -0.05) is 39.1 Å². The fourth-order valence-corrected chi connectivity index (χ4v) is 4.45. The number of morpholine rings is 1. The highest BCUT2D eigenvalue weighted by Gasteiger charge is 2.26. The molecule has 21 heavy (non-hydrogen) atoms. The minimum atomic E-state index is -1.44. The van der Waals surface area contributed by atoms with Crippen LogP contribution in [0.1, 0.15) is 18.9 Å². The molecule has 0 bridgehead atoms. The third-order valence-electron chi connectivity index (χ3n) is 4.03. The first-order valence-electron chi connectivity index (χ1n) is 8.01. The zero-order chi connectivity index (χ0) is 15.5. The van der Waals surface area contributed by atoms with Gasteiger partial charge in [0.05, 0.1) is 34.1 Å². The van der Waals surface area contributed by atoms with Gasteiger partial charge in [-0.2, -0.15) is 0 Å². The Bertz CT molecular complexity index is 476. The Morgan fingerprint density at radius 3 is 2.38 bits per heavy atom. The van der Waals surface area contributed by atoms with E-state index in [1.807, 2.05) is 7.11 Å². The Labute approximate surface area is 130 Å². The molecule has 0 radical (unpaired) electrons. The van der Waals surface area contributed by atoms with E-state index < -0.39 is 8.07 Å². The third-order valence-corrected chi connectivity index (χ3v) is 6.02. The third kappa shape index (κ3) is 3.80. The Hall–Kier alpha value is -1.00. The highest BCUT2D eigenvalue weighted by atomic mass is 28.3. The fourth-order valence-electron chi connectivity index (χ4n) is 2.92. The molecule has 1 aliphatic rings. The molecular formula is C17H29NO2Si. The number of anilines is 1. The van der Waals surface area contributed by atoms with Crippen LogP contribution >= 0.6 is 0 Å². The monoisotopic (exact) mass is 307 g/mol. The second-order valence-electron chi connectivity index (χ2n) is 6.80. The molecule has 0 saturated carbocycles. The first-order chi connectivity index (χ1) is 9.97. The molecule has 0 spiro atoms. The molecule has 1 saturated heterocycles. The van der Waals surface area contributed by atoms with Gasteiger partial charge in [-0.25, -0.2) is 0 Å². The number of aryl methyl sites for hydroxylation is 1. The number of hydrogen-bond acceptors (Lipinski definition) is 3. The van der Waals surface area contributed by atoms with Crippen LogP contribution in [0, 0.1) is 0 Å². The molecule has 1 heterocycles. The van der Waals surface area contributed by atoms with Crippen LogP contribution in [0.2, 0.25) is 19.6 Å². The lowest BCUT2D eigenvalue weighted by molar-refractivity contribution is 0.122. The summed E-state index contributed by atoms with van der Waals surface area (Å²) in [4.78, 5) is 2.42. The van der Waals surface area contributed by atoms with E-state index in [0.717, 1.165) is 38.5 Å². The number of rotatable bonds is 5. The summed E-state index contributed by atoms with van der Waals surface area (Å²) in [5.74, 6) is 1.09. The zero-order valence-corrected chi connectivity index (χ0v) is 15.2. The van der Waals surface area contributed by atoms with Gasteiger partial charge in [0.2, 0.25) is 0 Å². The van der Waals surface area contributed by atoms with Crippen LogP contribution in [0.3, 0.4) is 0 Å². The van der Waals surface area contributed by atoms with Crippen molar-refractivity contribution in [2.75, 3.05) is 38.3 Å². The lowest BCUT2D eigenvalue weighted by Crippen LogP contribution is -2.42. The number of hydrogen-bond donors (Lipinski definition) is 0. The molecule has 118 valence electrons. The van der Waals surface area contributed by atoms with Gasteiger partial charge in [0, 0.05) is 13.1 Å². The zero-order valence-electron chi connectivity index (χ0n) is 14.2. The minimum absolute atomic E-state index is 0.809. The molecule has 1 fully saturated rings. The molecule has 0 amide bonds. The molecule has 2 rings (SSSR count). The predicted molar refractivity (Wildman–Crippen MR) is 93.0 cm³/mol. The summed E-state index contributed by atoms with van der Waals surface area (Å²) in [5.41, 5.74) is 2.71. The molecule has 0 aliphatic carbocycles. The summed E-state index contributed by atoms with van der Waals surface area (Å²) in [6.45, 7) is 12.9. The molecule has 1 aromatic carbocycles. The van der Waals surface area contributed by atoms with Crippen molar-refractivity contribution in [1.82, 2.24) is 0 Å². The molecule has 1 aliphatic heterocycles. The standard InChI is InChI=1S/C17H29NO2Si/c1-6-7-14-12-15(18-8-10-20-11-9-18)17(19-2)16(13-14)21(3,4)5/h12-13H,6-11H2,1-5H3. The second kappa shape index (κ2) is 6.84. The van der Waals surface area contributed by atoms with Gasteiger partial charge in [-0.05, 0) is 23.2 Å². The van der Waals surface area contributed by atoms with Crippen molar-refractivity contribution in [2.45, 2.75) is 39.4 Å². The van der Waals surface area contributed by atoms with Crippen molar-refractivity contribution in [2.24, 2.45) is 0 Å². The SMILES string of the molecule is CCCc1cc(N2CCOCC2)c(OC)c([Si](C)(C)C)c1.